The number of aromatic nitrogens is 2. The number of likely N-dealkylation sites (N-methyl/N-ethyl adjacent to an activating group) is 1. The average molecular weight is 273 g/mol. The molecule has 20 heavy (non-hydrogen) atoms. The molecule has 0 aliphatic carbocycles. The van der Waals surface area contributed by atoms with Crippen molar-refractivity contribution in [3.63, 3.8) is 0 Å². The first-order valence-electron chi connectivity index (χ1n) is 7.43. The maximum atomic E-state index is 5.42. The average Bonchev–Trinajstić information content (AvgIpc) is 3.01. The van der Waals surface area contributed by atoms with Crippen LogP contribution in [0, 0.1) is 0 Å². The zero-order valence-electron chi connectivity index (χ0n) is 12.6. The van der Waals surface area contributed by atoms with Crippen molar-refractivity contribution >= 4 is 0 Å². The SMILES string of the molecule is CCNCCc1c(CC)nc(-c2ccco2)nc1CC. The van der Waals surface area contributed by atoms with Crippen LogP contribution in [0.4, 0.5) is 0 Å². The molecule has 0 aromatic carbocycles. The molecule has 1 N–H and O–H groups in total. The highest BCUT2D eigenvalue weighted by Gasteiger charge is 2.14. The standard InChI is InChI=1S/C16H23N3O/c1-4-13-12(9-10-17-6-3)14(5-2)19-16(18-13)15-8-7-11-20-15/h7-8,11,17H,4-6,9-10H2,1-3H3. The number of hydrogen-bond donors (Lipinski definition) is 1. The molecule has 2 aromatic rings. The van der Waals surface area contributed by atoms with Crippen LogP contribution >= 0.6 is 0 Å². The van der Waals surface area contributed by atoms with Crippen LogP contribution in [0.5, 0.6) is 0 Å². The van der Waals surface area contributed by atoms with Gasteiger partial charge in [-0.05, 0) is 50.0 Å². The first-order chi connectivity index (χ1) is 9.80. The van der Waals surface area contributed by atoms with Crippen molar-refractivity contribution in [2.45, 2.75) is 40.0 Å². The van der Waals surface area contributed by atoms with Crippen molar-refractivity contribution in [1.29, 1.82) is 0 Å². The molecule has 0 bridgehead atoms. The van der Waals surface area contributed by atoms with E-state index in [-0.39, 0.29) is 0 Å². The Balaban J connectivity index is 2.36. The number of furan rings is 1. The summed E-state index contributed by atoms with van der Waals surface area (Å²) in [5, 5.41) is 3.37. The molecule has 0 spiro atoms. The molecular weight excluding hydrogens is 250 g/mol. The fraction of sp³-hybridized carbons (Fsp3) is 0.500. The maximum Gasteiger partial charge on any atom is 0.196 e. The second kappa shape index (κ2) is 7.20. The number of nitrogens with zero attached hydrogens (tertiary/aromatic N) is 2. The van der Waals surface area contributed by atoms with Crippen LogP contribution in [-0.2, 0) is 19.3 Å². The summed E-state index contributed by atoms with van der Waals surface area (Å²) in [6.07, 6.45) is 4.49. The molecule has 2 rings (SSSR count). The topological polar surface area (TPSA) is 51.0 Å². The third kappa shape index (κ3) is 3.25. The van der Waals surface area contributed by atoms with Gasteiger partial charge in [0.15, 0.2) is 11.6 Å². The lowest BCUT2D eigenvalue weighted by atomic mass is 10.0. The molecule has 2 heterocycles. The summed E-state index contributed by atoms with van der Waals surface area (Å²) in [6, 6.07) is 3.78. The fourth-order valence-corrected chi connectivity index (χ4v) is 2.36. The van der Waals surface area contributed by atoms with E-state index in [4.69, 9.17) is 4.42 Å². The van der Waals surface area contributed by atoms with E-state index in [2.05, 4.69) is 36.1 Å². The molecule has 108 valence electrons. The van der Waals surface area contributed by atoms with Crippen LogP contribution in [0.1, 0.15) is 37.7 Å². The Labute approximate surface area is 120 Å². The van der Waals surface area contributed by atoms with Crippen LogP contribution in [0.15, 0.2) is 22.8 Å². The van der Waals surface area contributed by atoms with E-state index in [9.17, 15) is 0 Å². The third-order valence-electron chi connectivity index (χ3n) is 3.39. The zero-order chi connectivity index (χ0) is 14.4. The fourth-order valence-electron chi connectivity index (χ4n) is 2.36. The number of rotatable bonds is 7. The van der Waals surface area contributed by atoms with Gasteiger partial charge in [-0.25, -0.2) is 9.97 Å². The largest absolute Gasteiger partial charge is 0.461 e. The molecule has 0 aliphatic rings. The minimum atomic E-state index is 0.705. The zero-order valence-corrected chi connectivity index (χ0v) is 12.6. The Bertz CT molecular complexity index is 510. The summed E-state index contributed by atoms with van der Waals surface area (Å²) < 4.78 is 5.42. The first-order valence-corrected chi connectivity index (χ1v) is 7.43. The Morgan fingerprint density at radius 3 is 2.30 bits per heavy atom. The van der Waals surface area contributed by atoms with Gasteiger partial charge in [0, 0.05) is 11.4 Å². The van der Waals surface area contributed by atoms with E-state index >= 15 is 0 Å². The van der Waals surface area contributed by atoms with E-state index in [1.807, 2.05) is 12.1 Å². The third-order valence-corrected chi connectivity index (χ3v) is 3.39. The van der Waals surface area contributed by atoms with Crippen molar-refractivity contribution in [2.75, 3.05) is 13.1 Å². The highest BCUT2D eigenvalue weighted by Crippen LogP contribution is 2.21. The van der Waals surface area contributed by atoms with Gasteiger partial charge in [0.05, 0.1) is 6.26 Å². The van der Waals surface area contributed by atoms with Crippen LogP contribution in [-0.4, -0.2) is 23.1 Å². The van der Waals surface area contributed by atoms with Gasteiger partial charge >= 0.3 is 0 Å². The minimum absolute atomic E-state index is 0.705. The number of hydrogen-bond acceptors (Lipinski definition) is 4. The van der Waals surface area contributed by atoms with E-state index in [1.165, 1.54) is 5.56 Å². The first kappa shape index (κ1) is 14.7. The van der Waals surface area contributed by atoms with Gasteiger partial charge in [-0.1, -0.05) is 20.8 Å². The van der Waals surface area contributed by atoms with Gasteiger partial charge in [0.2, 0.25) is 0 Å². The molecule has 4 nitrogen and oxygen atoms in total. The summed E-state index contributed by atoms with van der Waals surface area (Å²) in [5.74, 6) is 1.45. The molecule has 0 saturated carbocycles. The van der Waals surface area contributed by atoms with Crippen molar-refractivity contribution in [3.8, 4) is 11.6 Å². The van der Waals surface area contributed by atoms with E-state index in [0.717, 1.165) is 49.5 Å². The van der Waals surface area contributed by atoms with Gasteiger partial charge in [-0.3, -0.25) is 0 Å². The van der Waals surface area contributed by atoms with E-state index in [0.29, 0.717) is 5.82 Å². The maximum absolute atomic E-state index is 5.42. The van der Waals surface area contributed by atoms with Gasteiger partial charge in [-0.15, -0.1) is 0 Å². The second-order valence-electron chi connectivity index (χ2n) is 4.71. The number of aryl methyl sites for hydroxylation is 2. The molecule has 0 fully saturated rings. The molecule has 4 heteroatoms. The van der Waals surface area contributed by atoms with Crippen molar-refractivity contribution in [3.05, 3.63) is 35.3 Å². The van der Waals surface area contributed by atoms with Gasteiger partial charge in [-0.2, -0.15) is 0 Å². The molecule has 0 unspecified atom stereocenters. The lowest BCUT2D eigenvalue weighted by Gasteiger charge is -2.13. The smallest absolute Gasteiger partial charge is 0.196 e. The normalized spacial score (nSPS) is 10.9. The van der Waals surface area contributed by atoms with Crippen molar-refractivity contribution < 1.29 is 4.42 Å². The predicted molar refractivity (Wildman–Crippen MR) is 80.7 cm³/mol. The Morgan fingerprint density at radius 1 is 1.10 bits per heavy atom. The highest BCUT2D eigenvalue weighted by molar-refractivity contribution is 5.48. The Kier molecular flexibility index (Phi) is 5.30. The predicted octanol–water partition coefficient (Wildman–Crippen LogP) is 3.01. The van der Waals surface area contributed by atoms with Crippen molar-refractivity contribution in [2.24, 2.45) is 0 Å². The molecule has 0 atom stereocenters. The molecule has 0 amide bonds. The molecule has 2 aromatic heterocycles. The lowest BCUT2D eigenvalue weighted by molar-refractivity contribution is 0.575. The molecular formula is C16H23N3O. The van der Waals surface area contributed by atoms with E-state index in [1.54, 1.807) is 6.26 Å². The highest BCUT2D eigenvalue weighted by atomic mass is 16.3. The summed E-state index contributed by atoms with van der Waals surface area (Å²) in [5.41, 5.74) is 3.58. The van der Waals surface area contributed by atoms with Crippen LogP contribution < -0.4 is 5.32 Å². The molecule has 0 radical (unpaired) electrons. The Hall–Kier alpha value is -1.68. The summed E-state index contributed by atoms with van der Waals surface area (Å²) in [7, 11) is 0. The number of nitrogens with one attached hydrogen (secondary N) is 1. The van der Waals surface area contributed by atoms with Crippen LogP contribution in [0.25, 0.3) is 11.6 Å². The second-order valence-corrected chi connectivity index (χ2v) is 4.71. The summed E-state index contributed by atoms with van der Waals surface area (Å²) in [6.45, 7) is 8.38. The van der Waals surface area contributed by atoms with Crippen molar-refractivity contribution in [1.82, 2.24) is 15.3 Å². The van der Waals surface area contributed by atoms with Gasteiger partial charge in [0.25, 0.3) is 0 Å². The quantitative estimate of drug-likeness (QED) is 0.788. The summed E-state index contributed by atoms with van der Waals surface area (Å²) >= 11 is 0. The van der Waals surface area contributed by atoms with Gasteiger partial charge < -0.3 is 9.73 Å². The van der Waals surface area contributed by atoms with Crippen LogP contribution in [0.2, 0.25) is 0 Å². The molecule has 0 saturated heterocycles. The lowest BCUT2D eigenvalue weighted by Crippen LogP contribution is -2.18. The summed E-state index contributed by atoms with van der Waals surface area (Å²) in [4.78, 5) is 9.38. The van der Waals surface area contributed by atoms with Crippen LogP contribution in [0.3, 0.4) is 0 Å². The van der Waals surface area contributed by atoms with E-state index < -0.39 is 0 Å². The monoisotopic (exact) mass is 273 g/mol. The molecule has 0 aliphatic heterocycles. The minimum Gasteiger partial charge on any atom is -0.461 e. The van der Waals surface area contributed by atoms with Gasteiger partial charge in [0.1, 0.15) is 0 Å². The Morgan fingerprint density at radius 2 is 1.80 bits per heavy atom.